The standard InChI is InChI=1S/C23H18N2O6S/c26-23-21(15-17-7-3-1-4-8-17)24(16-22(31-23)18-9-5-2-6-10-18)32(29,30)20-13-11-19(12-14-20)25(27)28/h1-14,16,21H,15H2. The van der Waals surface area contributed by atoms with Crippen molar-refractivity contribution in [3.05, 3.63) is 112 Å². The lowest BCUT2D eigenvalue weighted by molar-refractivity contribution is -0.384. The minimum Gasteiger partial charge on any atom is -0.423 e. The van der Waals surface area contributed by atoms with Gasteiger partial charge in [-0.3, -0.25) is 14.4 Å². The highest BCUT2D eigenvalue weighted by Crippen LogP contribution is 2.31. The van der Waals surface area contributed by atoms with Gasteiger partial charge in [0, 0.05) is 24.1 Å². The summed E-state index contributed by atoms with van der Waals surface area (Å²) in [5.74, 6) is -0.605. The second-order valence-corrected chi connectivity index (χ2v) is 8.92. The van der Waals surface area contributed by atoms with Crippen molar-refractivity contribution in [2.75, 3.05) is 0 Å². The van der Waals surface area contributed by atoms with Crippen LogP contribution in [0.5, 0.6) is 0 Å². The summed E-state index contributed by atoms with van der Waals surface area (Å²) in [5, 5.41) is 10.9. The van der Waals surface area contributed by atoms with E-state index in [0.717, 1.165) is 34.1 Å². The van der Waals surface area contributed by atoms with E-state index in [1.54, 1.807) is 54.6 Å². The Kier molecular flexibility index (Phi) is 5.74. The Hall–Kier alpha value is -3.98. The molecule has 1 aliphatic heterocycles. The molecular formula is C23H18N2O6S. The van der Waals surface area contributed by atoms with Gasteiger partial charge >= 0.3 is 5.97 Å². The van der Waals surface area contributed by atoms with Crippen molar-refractivity contribution in [3.8, 4) is 0 Å². The number of nitro benzene ring substituents is 1. The molecule has 1 unspecified atom stereocenters. The first-order valence-electron chi connectivity index (χ1n) is 9.67. The number of cyclic esters (lactones) is 1. The van der Waals surface area contributed by atoms with Crippen LogP contribution in [0.25, 0.3) is 5.76 Å². The molecule has 3 aromatic rings. The fourth-order valence-corrected chi connectivity index (χ4v) is 4.81. The molecule has 0 saturated heterocycles. The van der Waals surface area contributed by atoms with E-state index < -0.39 is 27.0 Å². The van der Waals surface area contributed by atoms with E-state index in [2.05, 4.69) is 0 Å². The molecular weight excluding hydrogens is 432 g/mol. The van der Waals surface area contributed by atoms with Crippen LogP contribution in [-0.4, -0.2) is 29.7 Å². The highest BCUT2D eigenvalue weighted by atomic mass is 32.2. The van der Waals surface area contributed by atoms with Gasteiger partial charge in [-0.1, -0.05) is 60.7 Å². The molecule has 0 saturated carbocycles. The van der Waals surface area contributed by atoms with Gasteiger partial charge in [0.2, 0.25) is 0 Å². The monoisotopic (exact) mass is 450 g/mol. The van der Waals surface area contributed by atoms with Gasteiger partial charge in [-0.2, -0.15) is 0 Å². The summed E-state index contributed by atoms with van der Waals surface area (Å²) in [5.41, 5.74) is 1.07. The Bertz CT molecular complexity index is 1270. The van der Waals surface area contributed by atoms with Gasteiger partial charge in [-0.15, -0.1) is 0 Å². The number of carbonyl (C=O) groups excluding carboxylic acids is 1. The van der Waals surface area contributed by atoms with Crippen LogP contribution < -0.4 is 0 Å². The number of benzene rings is 3. The maximum atomic E-state index is 13.5. The average molecular weight is 450 g/mol. The van der Waals surface area contributed by atoms with Crippen molar-refractivity contribution in [1.29, 1.82) is 0 Å². The number of rotatable bonds is 6. The third kappa shape index (κ3) is 4.23. The molecule has 0 N–H and O–H groups in total. The minimum atomic E-state index is -4.21. The van der Waals surface area contributed by atoms with Gasteiger partial charge in [0.1, 0.15) is 6.04 Å². The zero-order valence-electron chi connectivity index (χ0n) is 16.7. The number of ether oxygens (including phenoxy) is 1. The molecule has 32 heavy (non-hydrogen) atoms. The maximum absolute atomic E-state index is 13.5. The molecule has 0 aliphatic carbocycles. The molecule has 0 radical (unpaired) electrons. The molecule has 3 aromatic carbocycles. The number of carbonyl (C=O) groups is 1. The minimum absolute atomic E-state index is 0.102. The van der Waals surface area contributed by atoms with E-state index in [4.69, 9.17) is 4.74 Å². The SMILES string of the molecule is O=C1OC(c2ccccc2)=CN(S(=O)(=O)c2ccc([N+](=O)[O-])cc2)C1Cc1ccccc1. The first-order valence-corrected chi connectivity index (χ1v) is 11.1. The largest absolute Gasteiger partial charge is 0.423 e. The summed E-state index contributed by atoms with van der Waals surface area (Å²) >= 11 is 0. The van der Waals surface area contributed by atoms with Crippen LogP contribution in [0.4, 0.5) is 5.69 Å². The lowest BCUT2D eigenvalue weighted by atomic mass is 10.1. The van der Waals surface area contributed by atoms with Crippen molar-refractivity contribution < 1.29 is 22.9 Å². The van der Waals surface area contributed by atoms with E-state index in [-0.39, 0.29) is 22.8 Å². The number of hydrogen-bond acceptors (Lipinski definition) is 6. The third-order valence-corrected chi connectivity index (χ3v) is 6.77. The topological polar surface area (TPSA) is 107 Å². The molecule has 162 valence electrons. The van der Waals surface area contributed by atoms with Crippen LogP contribution in [0.15, 0.2) is 96.0 Å². The number of nitro groups is 1. The molecule has 0 fully saturated rings. The summed E-state index contributed by atoms with van der Waals surface area (Å²) in [6.07, 6.45) is 1.39. The zero-order chi connectivity index (χ0) is 22.7. The molecule has 0 aromatic heterocycles. The van der Waals surface area contributed by atoms with Crippen LogP contribution in [0.2, 0.25) is 0 Å². The quantitative estimate of drug-likeness (QED) is 0.322. The molecule has 4 rings (SSSR count). The lowest BCUT2D eigenvalue weighted by Crippen LogP contribution is -2.46. The fourth-order valence-electron chi connectivity index (χ4n) is 3.36. The number of sulfonamides is 1. The van der Waals surface area contributed by atoms with Crippen molar-refractivity contribution in [3.63, 3.8) is 0 Å². The number of non-ortho nitro benzene ring substituents is 1. The fraction of sp³-hybridized carbons (Fsp3) is 0.0870. The maximum Gasteiger partial charge on any atom is 0.335 e. The molecule has 1 heterocycles. The highest BCUT2D eigenvalue weighted by Gasteiger charge is 2.39. The molecule has 8 nitrogen and oxygen atoms in total. The van der Waals surface area contributed by atoms with Crippen LogP contribution in [0.3, 0.4) is 0 Å². The van der Waals surface area contributed by atoms with Crippen LogP contribution >= 0.6 is 0 Å². The second-order valence-electron chi connectivity index (χ2n) is 7.07. The van der Waals surface area contributed by atoms with Crippen LogP contribution in [0, 0.1) is 10.1 Å². The summed E-state index contributed by atoms with van der Waals surface area (Å²) in [6, 6.07) is 21.1. The molecule has 0 amide bonds. The van der Waals surface area contributed by atoms with Gasteiger partial charge in [0.05, 0.1) is 16.0 Å². The zero-order valence-corrected chi connectivity index (χ0v) is 17.5. The van der Waals surface area contributed by atoms with Crippen molar-refractivity contribution in [2.24, 2.45) is 0 Å². The normalized spacial score (nSPS) is 16.2. The Morgan fingerprint density at radius 1 is 0.906 bits per heavy atom. The van der Waals surface area contributed by atoms with Crippen molar-refractivity contribution >= 4 is 27.4 Å². The van der Waals surface area contributed by atoms with E-state index in [0.29, 0.717) is 5.56 Å². The van der Waals surface area contributed by atoms with Gasteiger partial charge in [0.15, 0.2) is 5.76 Å². The summed E-state index contributed by atoms with van der Waals surface area (Å²) in [4.78, 5) is 23.1. The van der Waals surface area contributed by atoms with Gasteiger partial charge in [-0.05, 0) is 17.7 Å². The third-order valence-electron chi connectivity index (χ3n) is 4.99. The molecule has 9 heteroatoms. The number of hydrogen-bond donors (Lipinski definition) is 0. The van der Waals surface area contributed by atoms with E-state index in [1.165, 1.54) is 6.20 Å². The van der Waals surface area contributed by atoms with E-state index >= 15 is 0 Å². The molecule has 1 atom stereocenters. The Labute approximate surface area is 184 Å². The molecule has 0 spiro atoms. The van der Waals surface area contributed by atoms with E-state index in [9.17, 15) is 23.3 Å². The highest BCUT2D eigenvalue weighted by molar-refractivity contribution is 7.89. The summed E-state index contributed by atoms with van der Waals surface area (Å²) < 4.78 is 33.5. The Balaban J connectivity index is 1.79. The summed E-state index contributed by atoms with van der Waals surface area (Å²) in [6.45, 7) is 0. The number of nitrogens with zero attached hydrogens (tertiary/aromatic N) is 2. The smallest absolute Gasteiger partial charge is 0.335 e. The number of esters is 1. The molecule has 0 bridgehead atoms. The Morgan fingerprint density at radius 2 is 1.50 bits per heavy atom. The van der Waals surface area contributed by atoms with E-state index in [1.807, 2.05) is 6.07 Å². The average Bonchev–Trinajstić information content (AvgIpc) is 2.81. The van der Waals surface area contributed by atoms with Gasteiger partial charge in [-0.25, -0.2) is 13.2 Å². The second kappa shape index (κ2) is 8.64. The van der Waals surface area contributed by atoms with Crippen molar-refractivity contribution in [1.82, 2.24) is 4.31 Å². The van der Waals surface area contributed by atoms with Gasteiger partial charge < -0.3 is 4.74 Å². The van der Waals surface area contributed by atoms with Crippen LogP contribution in [0.1, 0.15) is 11.1 Å². The van der Waals surface area contributed by atoms with Crippen LogP contribution in [-0.2, 0) is 26.0 Å². The van der Waals surface area contributed by atoms with Gasteiger partial charge in [0.25, 0.3) is 15.7 Å². The Morgan fingerprint density at radius 3 is 2.09 bits per heavy atom. The van der Waals surface area contributed by atoms with Crippen molar-refractivity contribution in [2.45, 2.75) is 17.4 Å². The summed E-state index contributed by atoms with van der Waals surface area (Å²) in [7, 11) is -4.21. The predicted molar refractivity (Wildman–Crippen MR) is 117 cm³/mol. The molecule has 1 aliphatic rings. The first-order chi connectivity index (χ1) is 15.4. The first kappa shape index (κ1) is 21.3. The predicted octanol–water partition coefficient (Wildman–Crippen LogP) is 3.75. The lowest BCUT2D eigenvalue weighted by Gasteiger charge is -2.33.